The predicted molar refractivity (Wildman–Crippen MR) is 63.3 cm³/mol. The van der Waals surface area contributed by atoms with E-state index in [-0.39, 0.29) is 24.5 Å². The van der Waals surface area contributed by atoms with E-state index in [1.165, 1.54) is 4.90 Å². The van der Waals surface area contributed by atoms with E-state index in [9.17, 15) is 4.79 Å². The lowest BCUT2D eigenvalue weighted by molar-refractivity contribution is -0.143. The zero-order valence-electron chi connectivity index (χ0n) is 10.3. The molecule has 2 rings (SSSR count). The number of carbonyl (C=O) groups is 1. The van der Waals surface area contributed by atoms with Crippen molar-refractivity contribution in [1.29, 1.82) is 5.26 Å². The molecule has 0 aromatic carbocycles. The Morgan fingerprint density at radius 3 is 3.28 bits per heavy atom. The van der Waals surface area contributed by atoms with Gasteiger partial charge in [-0.3, -0.25) is 9.89 Å². The van der Waals surface area contributed by atoms with Crippen LogP contribution in [0.3, 0.4) is 0 Å². The van der Waals surface area contributed by atoms with Crippen LogP contribution in [-0.2, 0) is 9.53 Å². The van der Waals surface area contributed by atoms with E-state index in [2.05, 4.69) is 10.2 Å². The number of aromatic nitrogens is 2. The Kier molecular flexibility index (Phi) is 3.95. The van der Waals surface area contributed by atoms with Crippen molar-refractivity contribution in [3.05, 3.63) is 18.0 Å². The third-order valence-electron chi connectivity index (χ3n) is 3.17. The highest BCUT2D eigenvalue weighted by atomic mass is 16.5. The highest BCUT2D eigenvalue weighted by molar-refractivity contribution is 5.79. The molecule has 6 nitrogen and oxygen atoms in total. The molecule has 0 radical (unpaired) electrons. The number of hydrogen-bond acceptors (Lipinski definition) is 4. The number of aromatic amines is 1. The van der Waals surface area contributed by atoms with Crippen LogP contribution in [0.25, 0.3) is 0 Å². The van der Waals surface area contributed by atoms with E-state index >= 15 is 0 Å². The van der Waals surface area contributed by atoms with Crippen LogP contribution in [0.4, 0.5) is 0 Å². The molecular weight excluding hydrogens is 232 g/mol. The lowest BCUT2D eigenvalue weighted by Crippen LogP contribution is -2.38. The second-order valence-corrected chi connectivity index (χ2v) is 4.42. The van der Waals surface area contributed by atoms with Crippen molar-refractivity contribution in [3.63, 3.8) is 0 Å². The molecule has 6 heteroatoms. The fourth-order valence-electron chi connectivity index (χ4n) is 2.25. The van der Waals surface area contributed by atoms with E-state index in [1.54, 1.807) is 19.4 Å². The second kappa shape index (κ2) is 5.65. The van der Waals surface area contributed by atoms with Crippen molar-refractivity contribution in [1.82, 2.24) is 15.1 Å². The van der Waals surface area contributed by atoms with E-state index in [0.717, 1.165) is 18.4 Å². The Balaban J connectivity index is 2.13. The number of carbonyl (C=O) groups excluding carboxylic acids is 1. The monoisotopic (exact) mass is 248 g/mol. The third kappa shape index (κ3) is 2.51. The fraction of sp³-hybridized carbons (Fsp3) is 0.583. The first-order valence-corrected chi connectivity index (χ1v) is 5.96. The van der Waals surface area contributed by atoms with Gasteiger partial charge in [-0.05, 0) is 12.8 Å². The summed E-state index contributed by atoms with van der Waals surface area (Å²) >= 11 is 0. The summed E-state index contributed by atoms with van der Waals surface area (Å²) in [5, 5.41) is 15.3. The summed E-state index contributed by atoms with van der Waals surface area (Å²) in [5.74, 6) is -0.267. The Morgan fingerprint density at radius 1 is 1.78 bits per heavy atom. The van der Waals surface area contributed by atoms with Gasteiger partial charge in [-0.25, -0.2) is 0 Å². The predicted octanol–water partition coefficient (Wildman–Crippen LogP) is 0.859. The summed E-state index contributed by atoms with van der Waals surface area (Å²) < 4.78 is 5.69. The zero-order valence-corrected chi connectivity index (χ0v) is 10.3. The molecule has 1 aliphatic heterocycles. The minimum Gasteiger partial charge on any atom is -0.373 e. The van der Waals surface area contributed by atoms with Gasteiger partial charge in [0.2, 0.25) is 5.91 Å². The summed E-state index contributed by atoms with van der Waals surface area (Å²) in [5.41, 5.74) is 0.887. The van der Waals surface area contributed by atoms with Gasteiger partial charge in [0.25, 0.3) is 0 Å². The summed E-state index contributed by atoms with van der Waals surface area (Å²) in [4.78, 5) is 13.7. The normalized spacial score (nSPS) is 23.3. The summed E-state index contributed by atoms with van der Waals surface area (Å²) in [6.07, 6.45) is 4.82. The van der Waals surface area contributed by atoms with Crippen LogP contribution in [0.1, 0.15) is 24.5 Å². The Hall–Kier alpha value is -1.87. The first kappa shape index (κ1) is 12.6. The molecule has 0 bridgehead atoms. The minimum absolute atomic E-state index is 0.0394. The second-order valence-electron chi connectivity index (χ2n) is 4.42. The molecule has 96 valence electrons. The highest BCUT2D eigenvalue weighted by Gasteiger charge is 2.35. The van der Waals surface area contributed by atoms with E-state index in [1.807, 2.05) is 6.07 Å². The zero-order chi connectivity index (χ0) is 13.0. The number of nitrogens with one attached hydrogen (secondary N) is 1. The van der Waals surface area contributed by atoms with Crippen molar-refractivity contribution in [3.8, 4) is 6.07 Å². The van der Waals surface area contributed by atoms with Gasteiger partial charge in [-0.1, -0.05) is 0 Å². The van der Waals surface area contributed by atoms with Crippen LogP contribution in [-0.4, -0.2) is 41.2 Å². The number of nitrogens with zero attached hydrogens (tertiary/aromatic N) is 3. The number of nitriles is 1. The Morgan fingerprint density at radius 2 is 2.61 bits per heavy atom. The maximum Gasteiger partial charge on any atom is 0.229 e. The van der Waals surface area contributed by atoms with E-state index < -0.39 is 0 Å². The van der Waals surface area contributed by atoms with Crippen molar-refractivity contribution >= 4 is 5.91 Å². The molecule has 1 saturated heterocycles. The lowest BCUT2D eigenvalue weighted by atomic mass is 9.89. The molecule has 2 atom stereocenters. The van der Waals surface area contributed by atoms with Crippen LogP contribution < -0.4 is 0 Å². The molecule has 0 aliphatic carbocycles. The maximum atomic E-state index is 12.3. The van der Waals surface area contributed by atoms with Crippen LogP contribution in [0.5, 0.6) is 0 Å². The summed E-state index contributed by atoms with van der Waals surface area (Å²) in [6, 6.07) is 1.98. The van der Waals surface area contributed by atoms with Gasteiger partial charge in [0.1, 0.15) is 6.54 Å². The standard InChI is InChI=1S/C12H16N4O2/c1-16(5-4-13)12(17)10-3-2-6-18-11(10)9-7-14-15-8-9/h7-8,10-11H,2-3,5-6H2,1H3,(H,14,15)/t10-,11+/m1/s1. The average molecular weight is 248 g/mol. The molecule has 1 aliphatic rings. The highest BCUT2D eigenvalue weighted by Crippen LogP contribution is 2.34. The molecule has 0 saturated carbocycles. The van der Waals surface area contributed by atoms with Crippen LogP contribution >= 0.6 is 0 Å². The SMILES string of the molecule is CN(CC#N)C(=O)[C@@H]1CCCO[C@H]1c1cn[nH]c1. The molecule has 0 spiro atoms. The Bertz CT molecular complexity index is 437. The third-order valence-corrected chi connectivity index (χ3v) is 3.17. The van der Waals surface area contributed by atoms with Crippen LogP contribution in [0, 0.1) is 17.2 Å². The quantitative estimate of drug-likeness (QED) is 0.804. The maximum absolute atomic E-state index is 12.3. The molecule has 1 aromatic rings. The molecule has 1 aromatic heterocycles. The summed E-state index contributed by atoms with van der Waals surface area (Å²) in [6.45, 7) is 0.759. The molecule has 1 N–H and O–H groups in total. The first-order chi connectivity index (χ1) is 8.74. The molecule has 2 heterocycles. The molecular formula is C12H16N4O2. The van der Waals surface area contributed by atoms with Crippen molar-refractivity contribution < 1.29 is 9.53 Å². The van der Waals surface area contributed by atoms with Gasteiger partial charge in [0, 0.05) is 25.4 Å². The van der Waals surface area contributed by atoms with Crippen LogP contribution in [0.15, 0.2) is 12.4 Å². The Labute approximate surface area is 106 Å². The number of hydrogen-bond donors (Lipinski definition) is 1. The van der Waals surface area contributed by atoms with Crippen LogP contribution in [0.2, 0.25) is 0 Å². The average Bonchev–Trinajstić information content (AvgIpc) is 2.92. The van der Waals surface area contributed by atoms with Gasteiger partial charge < -0.3 is 9.64 Å². The van der Waals surface area contributed by atoms with Crippen molar-refractivity contribution in [2.45, 2.75) is 18.9 Å². The van der Waals surface area contributed by atoms with Gasteiger partial charge in [-0.2, -0.15) is 10.4 Å². The van der Waals surface area contributed by atoms with Gasteiger partial charge in [0.15, 0.2) is 0 Å². The van der Waals surface area contributed by atoms with Gasteiger partial charge >= 0.3 is 0 Å². The summed E-state index contributed by atoms with van der Waals surface area (Å²) in [7, 11) is 1.65. The molecule has 1 fully saturated rings. The molecule has 0 unspecified atom stereocenters. The minimum atomic E-state index is -0.258. The lowest BCUT2D eigenvalue weighted by Gasteiger charge is -2.32. The van der Waals surface area contributed by atoms with Crippen molar-refractivity contribution in [2.75, 3.05) is 20.2 Å². The first-order valence-electron chi connectivity index (χ1n) is 5.96. The fourth-order valence-corrected chi connectivity index (χ4v) is 2.25. The number of ether oxygens (including phenoxy) is 1. The number of rotatable bonds is 3. The van der Waals surface area contributed by atoms with Gasteiger partial charge in [-0.15, -0.1) is 0 Å². The molecule has 18 heavy (non-hydrogen) atoms. The van der Waals surface area contributed by atoms with Crippen molar-refractivity contribution in [2.24, 2.45) is 5.92 Å². The molecule has 1 amide bonds. The smallest absolute Gasteiger partial charge is 0.229 e. The number of amides is 1. The topological polar surface area (TPSA) is 82.0 Å². The number of H-pyrrole nitrogens is 1. The largest absolute Gasteiger partial charge is 0.373 e. The van der Waals surface area contributed by atoms with E-state index in [0.29, 0.717) is 6.61 Å². The van der Waals surface area contributed by atoms with Gasteiger partial charge in [0.05, 0.1) is 24.3 Å². The van der Waals surface area contributed by atoms with E-state index in [4.69, 9.17) is 10.00 Å².